The van der Waals surface area contributed by atoms with Crippen LogP contribution in [0.5, 0.6) is 11.5 Å². The van der Waals surface area contributed by atoms with Crippen molar-refractivity contribution >= 4 is 17.4 Å². The van der Waals surface area contributed by atoms with Gasteiger partial charge >= 0.3 is 0 Å². The minimum Gasteiger partial charge on any atom is -0.493 e. The zero-order valence-corrected chi connectivity index (χ0v) is 13.6. The number of thioether (sulfide) groups is 1. The highest BCUT2D eigenvalue weighted by atomic mass is 32.2. The lowest BCUT2D eigenvalue weighted by Gasteiger charge is -2.26. The second kappa shape index (κ2) is 6.63. The van der Waals surface area contributed by atoms with Crippen molar-refractivity contribution < 1.29 is 9.47 Å². The van der Waals surface area contributed by atoms with Crippen LogP contribution in [0.4, 0.5) is 5.69 Å². The largest absolute Gasteiger partial charge is 0.493 e. The highest BCUT2D eigenvalue weighted by Crippen LogP contribution is 2.45. The average molecular weight is 325 g/mol. The molecule has 0 fully saturated rings. The van der Waals surface area contributed by atoms with Crippen molar-refractivity contribution in [2.24, 2.45) is 0 Å². The summed E-state index contributed by atoms with van der Waals surface area (Å²) in [5, 5.41) is 11.5. The molecule has 23 heavy (non-hydrogen) atoms. The SMILES string of the molecule is COc1cc(C#N)c(N2C=CSC2c2cccnc2)cc1OC. The fourth-order valence-electron chi connectivity index (χ4n) is 2.46. The molecular weight excluding hydrogens is 310 g/mol. The Morgan fingerprint density at radius 2 is 2.04 bits per heavy atom. The summed E-state index contributed by atoms with van der Waals surface area (Å²) in [5.74, 6) is 1.14. The molecule has 0 amide bonds. The van der Waals surface area contributed by atoms with Crippen molar-refractivity contribution in [1.29, 1.82) is 5.26 Å². The minimum absolute atomic E-state index is 0.0360. The van der Waals surface area contributed by atoms with Crippen LogP contribution in [-0.2, 0) is 0 Å². The van der Waals surface area contributed by atoms with E-state index in [-0.39, 0.29) is 5.37 Å². The molecule has 1 aromatic carbocycles. The third-order valence-electron chi connectivity index (χ3n) is 3.55. The number of hydrogen-bond donors (Lipinski definition) is 0. The first kappa shape index (κ1) is 15.3. The quantitative estimate of drug-likeness (QED) is 0.854. The average Bonchev–Trinajstić information content (AvgIpc) is 3.10. The highest BCUT2D eigenvalue weighted by molar-refractivity contribution is 8.02. The Balaban J connectivity index is 2.06. The van der Waals surface area contributed by atoms with Gasteiger partial charge in [-0.2, -0.15) is 5.26 Å². The number of methoxy groups -OCH3 is 2. The van der Waals surface area contributed by atoms with Gasteiger partial charge in [0, 0.05) is 36.3 Å². The normalized spacial score (nSPS) is 16.2. The number of nitrogens with zero attached hydrogens (tertiary/aromatic N) is 3. The zero-order valence-electron chi connectivity index (χ0n) is 12.8. The zero-order chi connectivity index (χ0) is 16.2. The lowest BCUT2D eigenvalue weighted by Crippen LogP contribution is -2.18. The maximum Gasteiger partial charge on any atom is 0.162 e. The van der Waals surface area contributed by atoms with Crippen LogP contribution in [0.25, 0.3) is 0 Å². The van der Waals surface area contributed by atoms with Gasteiger partial charge in [-0.25, -0.2) is 0 Å². The molecule has 0 aliphatic carbocycles. The van der Waals surface area contributed by atoms with Crippen molar-refractivity contribution in [3.63, 3.8) is 0 Å². The third-order valence-corrected chi connectivity index (χ3v) is 4.59. The number of anilines is 1. The Morgan fingerprint density at radius 3 is 2.70 bits per heavy atom. The van der Waals surface area contributed by atoms with Gasteiger partial charge in [-0.1, -0.05) is 6.07 Å². The molecule has 1 atom stereocenters. The lowest BCUT2D eigenvalue weighted by molar-refractivity contribution is 0.355. The molecule has 0 N–H and O–H groups in total. The molecular formula is C17H15N3O2S. The van der Waals surface area contributed by atoms with Crippen LogP contribution in [0.2, 0.25) is 0 Å². The van der Waals surface area contributed by atoms with Crippen molar-refractivity contribution in [3.8, 4) is 17.6 Å². The first-order valence-electron chi connectivity index (χ1n) is 6.95. The summed E-state index contributed by atoms with van der Waals surface area (Å²) < 4.78 is 10.7. The summed E-state index contributed by atoms with van der Waals surface area (Å²) in [5.41, 5.74) is 2.38. The van der Waals surface area contributed by atoms with E-state index in [1.54, 1.807) is 38.2 Å². The Morgan fingerprint density at radius 1 is 1.26 bits per heavy atom. The maximum atomic E-state index is 9.50. The Bertz CT molecular complexity index is 771. The molecule has 6 heteroatoms. The first-order chi connectivity index (χ1) is 11.3. The molecule has 0 bridgehead atoms. The second-order valence-corrected chi connectivity index (χ2v) is 5.79. The first-order valence-corrected chi connectivity index (χ1v) is 7.89. The van der Waals surface area contributed by atoms with Crippen molar-refractivity contribution in [1.82, 2.24) is 4.98 Å². The number of benzene rings is 1. The standard InChI is InChI=1S/C17H15N3O2S/c1-21-15-8-13(10-18)14(9-16(15)22-2)20-6-7-23-17(20)12-4-3-5-19-11-12/h3-9,11,17H,1-2H3. The Hall–Kier alpha value is -2.65. The smallest absolute Gasteiger partial charge is 0.162 e. The molecule has 1 aliphatic rings. The summed E-state index contributed by atoms with van der Waals surface area (Å²) in [6.07, 6.45) is 5.55. The van der Waals surface area contributed by atoms with Crippen LogP contribution < -0.4 is 14.4 Å². The molecule has 1 aliphatic heterocycles. The fourth-order valence-corrected chi connectivity index (χ4v) is 3.42. The van der Waals surface area contributed by atoms with Gasteiger partial charge in [-0.15, -0.1) is 11.8 Å². The van der Waals surface area contributed by atoms with Gasteiger partial charge in [0.25, 0.3) is 0 Å². The molecule has 116 valence electrons. The van der Waals surface area contributed by atoms with Gasteiger partial charge in [0.15, 0.2) is 11.5 Å². The van der Waals surface area contributed by atoms with Crippen LogP contribution in [0.1, 0.15) is 16.5 Å². The van der Waals surface area contributed by atoms with Crippen LogP contribution in [0.3, 0.4) is 0 Å². The van der Waals surface area contributed by atoms with E-state index < -0.39 is 0 Å². The molecule has 2 aromatic rings. The topological polar surface area (TPSA) is 58.4 Å². The predicted molar refractivity (Wildman–Crippen MR) is 90.4 cm³/mol. The minimum atomic E-state index is 0.0360. The van der Waals surface area contributed by atoms with Crippen molar-refractivity contribution in [3.05, 3.63) is 59.4 Å². The van der Waals surface area contributed by atoms with Crippen molar-refractivity contribution in [2.75, 3.05) is 19.1 Å². The number of hydrogen-bond acceptors (Lipinski definition) is 6. The Kier molecular flexibility index (Phi) is 4.40. The van der Waals surface area contributed by atoms with Crippen LogP contribution >= 0.6 is 11.8 Å². The second-order valence-electron chi connectivity index (χ2n) is 4.80. The van der Waals surface area contributed by atoms with Gasteiger partial charge in [-0.05, 0) is 11.5 Å². The van der Waals surface area contributed by atoms with E-state index in [0.717, 1.165) is 11.3 Å². The molecule has 1 unspecified atom stereocenters. The van der Waals surface area contributed by atoms with Gasteiger partial charge in [0.05, 0.1) is 25.5 Å². The number of pyridine rings is 1. The summed E-state index contributed by atoms with van der Waals surface area (Å²) in [6, 6.07) is 9.70. The fraction of sp³-hybridized carbons (Fsp3) is 0.176. The molecule has 0 spiro atoms. The van der Waals surface area contributed by atoms with E-state index in [1.807, 2.05) is 40.9 Å². The number of nitriles is 1. The van der Waals surface area contributed by atoms with E-state index in [0.29, 0.717) is 17.1 Å². The molecule has 1 aromatic heterocycles. The van der Waals surface area contributed by atoms with Gasteiger partial charge < -0.3 is 14.4 Å². The number of aromatic nitrogens is 1. The van der Waals surface area contributed by atoms with Crippen LogP contribution in [-0.4, -0.2) is 19.2 Å². The van der Waals surface area contributed by atoms with Crippen LogP contribution in [0, 0.1) is 11.3 Å². The summed E-state index contributed by atoms with van der Waals surface area (Å²) in [7, 11) is 3.14. The predicted octanol–water partition coefficient (Wildman–Crippen LogP) is 3.69. The number of ether oxygens (including phenoxy) is 2. The summed E-state index contributed by atoms with van der Waals surface area (Å²) in [4.78, 5) is 6.23. The monoisotopic (exact) mass is 325 g/mol. The van der Waals surface area contributed by atoms with E-state index in [2.05, 4.69) is 11.1 Å². The lowest BCUT2D eigenvalue weighted by atomic mass is 10.1. The van der Waals surface area contributed by atoms with Crippen molar-refractivity contribution in [2.45, 2.75) is 5.37 Å². The number of rotatable bonds is 4. The van der Waals surface area contributed by atoms with Gasteiger partial charge in [0.2, 0.25) is 0 Å². The maximum absolute atomic E-state index is 9.50. The Labute approximate surface area is 139 Å². The van der Waals surface area contributed by atoms with Crippen LogP contribution in [0.15, 0.2) is 48.3 Å². The molecule has 5 nitrogen and oxygen atoms in total. The molecule has 0 saturated heterocycles. The molecule has 3 rings (SSSR count). The van der Waals surface area contributed by atoms with E-state index in [9.17, 15) is 5.26 Å². The van der Waals surface area contributed by atoms with Gasteiger partial charge in [0.1, 0.15) is 11.4 Å². The summed E-state index contributed by atoms with van der Waals surface area (Å²) >= 11 is 1.66. The van der Waals surface area contributed by atoms with Gasteiger partial charge in [-0.3, -0.25) is 4.98 Å². The third kappa shape index (κ3) is 2.83. The highest BCUT2D eigenvalue weighted by Gasteiger charge is 2.26. The molecule has 0 saturated carbocycles. The molecule has 0 radical (unpaired) electrons. The molecule has 2 heterocycles. The summed E-state index contributed by atoms with van der Waals surface area (Å²) in [6.45, 7) is 0. The van der Waals surface area contributed by atoms with E-state index in [4.69, 9.17) is 9.47 Å². The van der Waals surface area contributed by atoms with E-state index in [1.165, 1.54) is 0 Å². The van der Waals surface area contributed by atoms with E-state index >= 15 is 0 Å².